The molecule has 1 aliphatic rings. The van der Waals surface area contributed by atoms with Gasteiger partial charge in [0.25, 0.3) is 0 Å². The number of nitrogens with one attached hydrogen (secondary N) is 1. The Balaban J connectivity index is 1.56. The maximum atomic E-state index is 14.0. The summed E-state index contributed by atoms with van der Waals surface area (Å²) in [7, 11) is 1.45. The van der Waals surface area contributed by atoms with Gasteiger partial charge in [0.15, 0.2) is 5.75 Å². The van der Waals surface area contributed by atoms with Crippen LogP contribution in [0, 0.1) is 31.4 Å². The van der Waals surface area contributed by atoms with E-state index in [9.17, 15) is 13.6 Å². The van der Waals surface area contributed by atoms with E-state index in [-0.39, 0.29) is 30.5 Å². The lowest BCUT2D eigenvalue weighted by atomic mass is 9.93. The average Bonchev–Trinajstić information content (AvgIpc) is 3.52. The molecule has 0 bridgehead atoms. The van der Waals surface area contributed by atoms with E-state index >= 15 is 0 Å². The normalized spacial score (nSPS) is 19.2. The Hall–Kier alpha value is -3.46. The van der Waals surface area contributed by atoms with Crippen LogP contribution < -0.4 is 10.1 Å². The van der Waals surface area contributed by atoms with Crippen molar-refractivity contribution in [3.05, 3.63) is 77.0 Å². The van der Waals surface area contributed by atoms with Gasteiger partial charge >= 0.3 is 0 Å². The van der Waals surface area contributed by atoms with Crippen LogP contribution in [0.25, 0.3) is 0 Å². The van der Waals surface area contributed by atoms with E-state index in [1.807, 2.05) is 6.92 Å². The second kappa shape index (κ2) is 9.19. The molecule has 2 heterocycles. The van der Waals surface area contributed by atoms with Gasteiger partial charge in [-0.3, -0.25) is 4.79 Å². The van der Waals surface area contributed by atoms with Crippen molar-refractivity contribution >= 4 is 11.7 Å². The summed E-state index contributed by atoms with van der Waals surface area (Å²) < 4.78 is 38.8. The summed E-state index contributed by atoms with van der Waals surface area (Å²) >= 11 is 0. The summed E-state index contributed by atoms with van der Waals surface area (Å²) in [6.45, 7) is 3.80. The zero-order chi connectivity index (χ0) is 23.6. The standard InChI is InChI=1S/C24H24F2N4O3/c1-14-21(11-27-15(2)29-14)33-13-24(17-5-4-6-18(25)8-17)9-19(24)23(31)30-22-7-16(12-32-3)20(26)10-28-22/h4-8,10-11,19H,9,12-13H2,1-3H3,(H,28,30,31)/t19-,24+/m0/s1. The number of nitrogens with zero attached hydrogens (tertiary/aromatic N) is 3. The van der Waals surface area contributed by atoms with Gasteiger partial charge in [0.1, 0.15) is 23.3 Å². The number of aryl methyl sites for hydroxylation is 2. The van der Waals surface area contributed by atoms with Crippen molar-refractivity contribution in [2.45, 2.75) is 32.3 Å². The highest BCUT2D eigenvalue weighted by Gasteiger charge is 2.60. The molecule has 2 atom stereocenters. The number of hydrogen-bond acceptors (Lipinski definition) is 6. The van der Waals surface area contributed by atoms with Crippen LogP contribution >= 0.6 is 0 Å². The van der Waals surface area contributed by atoms with Gasteiger partial charge in [-0.25, -0.2) is 23.7 Å². The number of carbonyl (C=O) groups excluding carboxylic acids is 1. The predicted octanol–water partition coefficient (Wildman–Crippen LogP) is 3.89. The lowest BCUT2D eigenvalue weighted by Crippen LogP contribution is -2.27. The summed E-state index contributed by atoms with van der Waals surface area (Å²) in [5.74, 6) is -0.338. The Kier molecular flexibility index (Phi) is 6.33. The summed E-state index contributed by atoms with van der Waals surface area (Å²) in [4.78, 5) is 25.5. The fourth-order valence-corrected chi connectivity index (χ4v) is 3.96. The van der Waals surface area contributed by atoms with Crippen LogP contribution in [0.15, 0.2) is 42.7 Å². The number of carbonyl (C=O) groups is 1. The predicted molar refractivity (Wildman–Crippen MR) is 117 cm³/mol. The van der Waals surface area contributed by atoms with Gasteiger partial charge < -0.3 is 14.8 Å². The first kappa shape index (κ1) is 22.7. The highest BCUT2D eigenvalue weighted by molar-refractivity contribution is 5.95. The minimum atomic E-state index is -0.723. The van der Waals surface area contributed by atoms with Crippen LogP contribution in [-0.4, -0.2) is 34.6 Å². The van der Waals surface area contributed by atoms with Gasteiger partial charge in [-0.05, 0) is 44.0 Å². The molecule has 1 aromatic carbocycles. The number of halogens is 2. The van der Waals surface area contributed by atoms with Gasteiger partial charge in [0.2, 0.25) is 5.91 Å². The molecule has 1 N–H and O–H groups in total. The highest BCUT2D eigenvalue weighted by atomic mass is 19.1. The molecule has 0 aliphatic heterocycles. The molecule has 1 amide bonds. The molecule has 4 rings (SSSR count). The molecule has 7 nitrogen and oxygen atoms in total. The zero-order valence-corrected chi connectivity index (χ0v) is 18.6. The molecule has 33 heavy (non-hydrogen) atoms. The van der Waals surface area contributed by atoms with Crippen LogP contribution in [0.4, 0.5) is 14.6 Å². The summed E-state index contributed by atoms with van der Waals surface area (Å²) in [5.41, 5.74) is 0.909. The monoisotopic (exact) mass is 454 g/mol. The van der Waals surface area contributed by atoms with Crippen molar-refractivity contribution in [2.75, 3.05) is 19.0 Å². The second-order valence-corrected chi connectivity index (χ2v) is 8.16. The molecule has 2 aromatic heterocycles. The molecule has 0 radical (unpaired) electrons. The van der Waals surface area contributed by atoms with Crippen LogP contribution in [-0.2, 0) is 21.6 Å². The number of anilines is 1. The third kappa shape index (κ3) is 4.83. The van der Waals surface area contributed by atoms with E-state index < -0.39 is 23.0 Å². The van der Waals surface area contributed by atoms with E-state index in [4.69, 9.17) is 9.47 Å². The first-order valence-corrected chi connectivity index (χ1v) is 10.5. The molecular weight excluding hydrogens is 430 g/mol. The Labute approximate surface area is 190 Å². The van der Waals surface area contributed by atoms with E-state index in [1.54, 1.807) is 25.3 Å². The summed E-state index contributed by atoms with van der Waals surface area (Å²) in [6.07, 6.45) is 3.09. The molecule has 0 unspecified atom stereocenters. The van der Waals surface area contributed by atoms with E-state index in [2.05, 4.69) is 20.3 Å². The maximum absolute atomic E-state index is 14.0. The van der Waals surface area contributed by atoms with Crippen LogP contribution in [0.1, 0.15) is 29.1 Å². The third-order valence-corrected chi connectivity index (χ3v) is 5.82. The fraction of sp³-hybridized carbons (Fsp3) is 0.333. The average molecular weight is 454 g/mol. The fourth-order valence-electron chi connectivity index (χ4n) is 3.96. The van der Waals surface area contributed by atoms with Crippen molar-refractivity contribution in [1.82, 2.24) is 15.0 Å². The van der Waals surface area contributed by atoms with Crippen molar-refractivity contribution in [3.8, 4) is 5.75 Å². The number of ether oxygens (including phenoxy) is 2. The van der Waals surface area contributed by atoms with Gasteiger partial charge in [0.05, 0.1) is 37.2 Å². The van der Waals surface area contributed by atoms with E-state index in [1.165, 1.54) is 25.3 Å². The topological polar surface area (TPSA) is 86.2 Å². The third-order valence-electron chi connectivity index (χ3n) is 5.82. The minimum absolute atomic E-state index is 0.0553. The largest absolute Gasteiger partial charge is 0.489 e. The molecule has 1 fully saturated rings. The van der Waals surface area contributed by atoms with Gasteiger partial charge in [0, 0.05) is 18.1 Å². The molecule has 0 saturated heterocycles. The molecule has 172 valence electrons. The quantitative estimate of drug-likeness (QED) is 0.556. The first-order chi connectivity index (χ1) is 15.8. The van der Waals surface area contributed by atoms with Crippen molar-refractivity contribution in [3.63, 3.8) is 0 Å². The van der Waals surface area contributed by atoms with E-state index in [0.717, 1.165) is 6.20 Å². The minimum Gasteiger partial charge on any atom is -0.489 e. The first-order valence-electron chi connectivity index (χ1n) is 10.5. The second-order valence-electron chi connectivity index (χ2n) is 8.16. The van der Waals surface area contributed by atoms with Crippen molar-refractivity contribution < 1.29 is 23.0 Å². The number of hydrogen-bond donors (Lipinski definition) is 1. The molecule has 1 saturated carbocycles. The van der Waals surface area contributed by atoms with Crippen LogP contribution in [0.5, 0.6) is 5.75 Å². The number of pyridine rings is 1. The van der Waals surface area contributed by atoms with Crippen molar-refractivity contribution in [1.29, 1.82) is 0 Å². The Morgan fingerprint density at radius 2 is 2.03 bits per heavy atom. The summed E-state index contributed by atoms with van der Waals surface area (Å²) in [6, 6.07) is 7.60. The van der Waals surface area contributed by atoms with Crippen LogP contribution in [0.3, 0.4) is 0 Å². The Morgan fingerprint density at radius 1 is 1.21 bits per heavy atom. The Bertz CT molecular complexity index is 1190. The lowest BCUT2D eigenvalue weighted by Gasteiger charge is -2.20. The van der Waals surface area contributed by atoms with Gasteiger partial charge in [-0.2, -0.15) is 0 Å². The van der Waals surface area contributed by atoms with E-state index in [0.29, 0.717) is 29.3 Å². The molecule has 0 spiro atoms. The van der Waals surface area contributed by atoms with Gasteiger partial charge in [-0.1, -0.05) is 12.1 Å². The van der Waals surface area contributed by atoms with Crippen LogP contribution in [0.2, 0.25) is 0 Å². The summed E-state index contributed by atoms with van der Waals surface area (Å²) in [5, 5.41) is 2.74. The number of methoxy groups -OCH3 is 1. The molecule has 1 aliphatic carbocycles. The lowest BCUT2D eigenvalue weighted by molar-refractivity contribution is -0.117. The number of rotatable bonds is 8. The zero-order valence-electron chi connectivity index (χ0n) is 18.6. The number of benzene rings is 1. The smallest absolute Gasteiger partial charge is 0.229 e. The van der Waals surface area contributed by atoms with Gasteiger partial charge in [-0.15, -0.1) is 0 Å². The molecular formula is C24H24F2N4O3. The number of amides is 1. The maximum Gasteiger partial charge on any atom is 0.229 e. The molecule has 3 aromatic rings. The highest BCUT2D eigenvalue weighted by Crippen LogP contribution is 2.55. The number of aromatic nitrogens is 3. The molecule has 9 heteroatoms. The Morgan fingerprint density at radius 3 is 2.76 bits per heavy atom. The SMILES string of the molecule is COCc1cc(NC(=O)[C@@H]2C[C@@]2(COc2cnc(C)nc2C)c2cccc(F)c2)ncc1F. The van der Waals surface area contributed by atoms with Crippen molar-refractivity contribution in [2.24, 2.45) is 5.92 Å².